The zero-order chi connectivity index (χ0) is 13.7. The summed E-state index contributed by atoms with van der Waals surface area (Å²) in [7, 11) is 1.80. The monoisotopic (exact) mass is 275 g/mol. The molecule has 0 bridgehead atoms. The molecule has 0 saturated heterocycles. The maximum absolute atomic E-state index is 12.3. The van der Waals surface area contributed by atoms with Crippen molar-refractivity contribution >= 4 is 23.1 Å². The Bertz CT molecular complexity index is 539. The third kappa shape index (κ3) is 3.54. The molecule has 19 heavy (non-hydrogen) atoms. The van der Waals surface area contributed by atoms with E-state index in [1.807, 2.05) is 36.6 Å². The van der Waals surface area contributed by atoms with Gasteiger partial charge >= 0.3 is 0 Å². The van der Waals surface area contributed by atoms with E-state index in [0.29, 0.717) is 12.2 Å². The van der Waals surface area contributed by atoms with Crippen molar-refractivity contribution in [2.75, 3.05) is 18.9 Å². The number of nitrogens with one attached hydrogen (secondary N) is 1. The van der Waals surface area contributed by atoms with E-state index >= 15 is 0 Å². The van der Waals surface area contributed by atoms with Gasteiger partial charge in [0.15, 0.2) is 0 Å². The smallest absolute Gasteiger partial charge is 0.272 e. The fraction of sp³-hybridized carbons (Fsp3) is 0.286. The van der Waals surface area contributed by atoms with Gasteiger partial charge in [0.25, 0.3) is 5.91 Å². The van der Waals surface area contributed by atoms with Crippen LogP contribution in [0.1, 0.15) is 22.3 Å². The predicted octanol–water partition coefficient (Wildman–Crippen LogP) is 2.85. The first-order valence-corrected chi connectivity index (χ1v) is 7.07. The molecule has 0 aliphatic rings. The van der Waals surface area contributed by atoms with E-state index in [4.69, 9.17) is 0 Å². The van der Waals surface area contributed by atoms with Crippen LogP contribution in [0.25, 0.3) is 0 Å². The van der Waals surface area contributed by atoms with Crippen molar-refractivity contribution in [1.29, 1.82) is 0 Å². The summed E-state index contributed by atoms with van der Waals surface area (Å²) in [6.07, 6.45) is 0. The Morgan fingerprint density at radius 2 is 2.21 bits per heavy atom. The quantitative estimate of drug-likeness (QED) is 0.912. The number of hydrogen-bond donors (Lipinski definition) is 1. The summed E-state index contributed by atoms with van der Waals surface area (Å²) in [5.41, 5.74) is 0.470. The number of carbonyl (C=O) groups excluding carboxylic acids is 1. The van der Waals surface area contributed by atoms with Crippen LogP contribution in [0.15, 0.2) is 35.7 Å². The molecule has 1 N–H and O–H groups in total. The molecule has 0 saturated carbocycles. The molecule has 1 amide bonds. The molecule has 0 aliphatic heterocycles. The number of rotatable bonds is 5. The third-order valence-corrected chi connectivity index (χ3v) is 3.51. The average molecular weight is 275 g/mol. The molecule has 0 fully saturated rings. The van der Waals surface area contributed by atoms with Crippen LogP contribution in [0, 0.1) is 0 Å². The number of pyridine rings is 1. The van der Waals surface area contributed by atoms with Gasteiger partial charge < -0.3 is 10.2 Å². The predicted molar refractivity (Wildman–Crippen MR) is 78.5 cm³/mol. The average Bonchev–Trinajstić information content (AvgIpc) is 2.91. The minimum absolute atomic E-state index is 0.0619. The molecular weight excluding hydrogens is 258 g/mol. The molecule has 0 aliphatic carbocycles. The van der Waals surface area contributed by atoms with Gasteiger partial charge in [0, 0.05) is 18.5 Å². The Kier molecular flexibility index (Phi) is 4.52. The summed E-state index contributed by atoms with van der Waals surface area (Å²) in [5.74, 6) is 0.672. The van der Waals surface area contributed by atoms with Crippen LogP contribution in [0.5, 0.6) is 0 Å². The van der Waals surface area contributed by atoms with Crippen LogP contribution in [-0.2, 0) is 6.54 Å². The zero-order valence-electron chi connectivity index (χ0n) is 11.1. The minimum Gasteiger partial charge on any atom is -0.370 e. The first-order valence-electron chi connectivity index (χ1n) is 6.19. The molecule has 0 atom stereocenters. The van der Waals surface area contributed by atoms with Crippen molar-refractivity contribution in [2.24, 2.45) is 0 Å². The lowest BCUT2D eigenvalue weighted by atomic mass is 10.3. The lowest BCUT2D eigenvalue weighted by molar-refractivity contribution is 0.0781. The lowest BCUT2D eigenvalue weighted by Crippen LogP contribution is -2.26. The van der Waals surface area contributed by atoms with Gasteiger partial charge in [-0.25, -0.2) is 4.98 Å². The van der Waals surface area contributed by atoms with Crippen LogP contribution in [0.3, 0.4) is 0 Å². The maximum Gasteiger partial charge on any atom is 0.272 e. The largest absolute Gasteiger partial charge is 0.370 e. The highest BCUT2D eigenvalue weighted by Gasteiger charge is 2.14. The molecule has 4 nitrogen and oxygen atoms in total. The van der Waals surface area contributed by atoms with Crippen molar-refractivity contribution in [2.45, 2.75) is 13.5 Å². The molecule has 2 rings (SSSR count). The van der Waals surface area contributed by atoms with Crippen molar-refractivity contribution < 1.29 is 4.79 Å². The van der Waals surface area contributed by atoms with Crippen LogP contribution in [-0.4, -0.2) is 29.4 Å². The fourth-order valence-electron chi connectivity index (χ4n) is 1.74. The summed E-state index contributed by atoms with van der Waals surface area (Å²) < 4.78 is 0. The van der Waals surface area contributed by atoms with E-state index in [1.165, 1.54) is 4.88 Å². The molecule has 0 unspecified atom stereocenters. The summed E-state index contributed by atoms with van der Waals surface area (Å²) >= 11 is 1.65. The number of amides is 1. The van der Waals surface area contributed by atoms with E-state index in [9.17, 15) is 4.79 Å². The third-order valence-electron chi connectivity index (χ3n) is 2.65. The van der Waals surface area contributed by atoms with E-state index in [0.717, 1.165) is 12.4 Å². The van der Waals surface area contributed by atoms with E-state index in [2.05, 4.69) is 10.3 Å². The first-order chi connectivity index (χ1) is 9.20. The number of carbonyl (C=O) groups is 1. The number of nitrogens with zero attached hydrogens (tertiary/aromatic N) is 2. The second kappa shape index (κ2) is 6.33. The van der Waals surface area contributed by atoms with Crippen LogP contribution < -0.4 is 5.32 Å². The Hall–Kier alpha value is -1.88. The molecule has 0 spiro atoms. The van der Waals surface area contributed by atoms with Crippen LogP contribution in [0.4, 0.5) is 5.82 Å². The van der Waals surface area contributed by atoms with Gasteiger partial charge in [-0.1, -0.05) is 12.1 Å². The number of anilines is 1. The minimum atomic E-state index is -0.0619. The summed E-state index contributed by atoms with van der Waals surface area (Å²) in [6.45, 7) is 3.40. The van der Waals surface area contributed by atoms with E-state index in [-0.39, 0.29) is 5.91 Å². The van der Waals surface area contributed by atoms with Crippen molar-refractivity contribution in [3.63, 3.8) is 0 Å². The van der Waals surface area contributed by atoms with Gasteiger partial charge in [-0.3, -0.25) is 4.79 Å². The standard InChI is InChI=1S/C14H17N3OS/c1-3-15-13-8-4-7-12(16-13)14(18)17(2)10-11-6-5-9-19-11/h4-9H,3,10H2,1-2H3,(H,15,16). The first kappa shape index (κ1) is 13.5. The molecule has 0 radical (unpaired) electrons. The Morgan fingerprint density at radius 1 is 1.37 bits per heavy atom. The summed E-state index contributed by atoms with van der Waals surface area (Å²) in [4.78, 5) is 19.4. The van der Waals surface area contributed by atoms with Gasteiger partial charge in [-0.05, 0) is 30.5 Å². The van der Waals surface area contributed by atoms with Crippen LogP contribution in [0.2, 0.25) is 0 Å². The topological polar surface area (TPSA) is 45.2 Å². The Labute approximate surface area is 117 Å². The maximum atomic E-state index is 12.3. The second-order valence-electron chi connectivity index (χ2n) is 4.18. The summed E-state index contributed by atoms with van der Waals surface area (Å²) in [6, 6.07) is 9.46. The molecule has 2 aromatic rings. The van der Waals surface area contributed by atoms with Gasteiger partial charge in [0.05, 0.1) is 6.54 Å². The molecule has 0 aromatic carbocycles. The highest BCUT2D eigenvalue weighted by Crippen LogP contribution is 2.13. The van der Waals surface area contributed by atoms with E-state index in [1.54, 1.807) is 29.4 Å². The zero-order valence-corrected chi connectivity index (χ0v) is 11.9. The van der Waals surface area contributed by atoms with Gasteiger partial charge in [0.2, 0.25) is 0 Å². The summed E-state index contributed by atoms with van der Waals surface area (Å²) in [5, 5.41) is 5.12. The lowest BCUT2D eigenvalue weighted by Gasteiger charge is -2.16. The molecule has 2 heterocycles. The molecule has 2 aromatic heterocycles. The SMILES string of the molecule is CCNc1cccc(C(=O)N(C)Cc2cccs2)n1. The fourth-order valence-corrected chi connectivity index (χ4v) is 2.49. The number of thiophene rings is 1. The number of aromatic nitrogens is 1. The molecular formula is C14H17N3OS. The van der Waals surface area contributed by atoms with E-state index < -0.39 is 0 Å². The van der Waals surface area contributed by atoms with Gasteiger partial charge in [-0.15, -0.1) is 11.3 Å². The second-order valence-corrected chi connectivity index (χ2v) is 5.21. The molecule has 100 valence electrons. The molecule has 5 heteroatoms. The van der Waals surface area contributed by atoms with Crippen molar-refractivity contribution in [3.05, 3.63) is 46.3 Å². The van der Waals surface area contributed by atoms with Gasteiger partial charge in [-0.2, -0.15) is 0 Å². The highest BCUT2D eigenvalue weighted by molar-refractivity contribution is 7.09. The Balaban J connectivity index is 2.08. The van der Waals surface area contributed by atoms with Crippen molar-refractivity contribution in [1.82, 2.24) is 9.88 Å². The Morgan fingerprint density at radius 3 is 2.89 bits per heavy atom. The van der Waals surface area contributed by atoms with Gasteiger partial charge in [0.1, 0.15) is 11.5 Å². The normalized spacial score (nSPS) is 10.2. The number of hydrogen-bond acceptors (Lipinski definition) is 4. The van der Waals surface area contributed by atoms with Crippen LogP contribution >= 0.6 is 11.3 Å². The highest BCUT2D eigenvalue weighted by atomic mass is 32.1. The van der Waals surface area contributed by atoms with Crippen molar-refractivity contribution in [3.8, 4) is 0 Å².